The van der Waals surface area contributed by atoms with Crippen molar-refractivity contribution in [3.05, 3.63) is 42.0 Å². The maximum absolute atomic E-state index is 13.0. The van der Waals surface area contributed by atoms with Gasteiger partial charge in [-0.25, -0.2) is 0 Å². The van der Waals surface area contributed by atoms with Gasteiger partial charge in [-0.2, -0.15) is 0 Å². The van der Waals surface area contributed by atoms with Crippen molar-refractivity contribution in [2.45, 2.75) is 24.3 Å². The topological polar surface area (TPSA) is 70.8 Å². The number of hydrogen-bond donors (Lipinski definition) is 1. The van der Waals surface area contributed by atoms with Crippen LogP contribution in [0.3, 0.4) is 0 Å². The Morgan fingerprint density at radius 2 is 1.76 bits per heavy atom. The number of thioether (sulfide) groups is 1. The van der Waals surface area contributed by atoms with E-state index < -0.39 is 6.10 Å². The van der Waals surface area contributed by atoms with Gasteiger partial charge in [0.25, 0.3) is 0 Å². The highest BCUT2D eigenvalue weighted by Gasteiger charge is 2.25. The number of anilines is 1. The third kappa shape index (κ3) is 4.39. The maximum Gasteiger partial charge on any atom is 0.207 e. The van der Waals surface area contributed by atoms with Crippen molar-refractivity contribution in [3.8, 4) is 17.2 Å². The molecule has 0 fully saturated rings. The number of benzene rings is 2. The molecule has 6 heteroatoms. The molecule has 0 aromatic heterocycles. The molecule has 2 aromatic rings. The molecular weight excluding hydrogens is 338 g/mol. The zero-order chi connectivity index (χ0) is 18.4. The van der Waals surface area contributed by atoms with E-state index in [1.165, 1.54) is 11.8 Å². The molecule has 0 aliphatic rings. The zero-order valence-corrected chi connectivity index (χ0v) is 15.7. The van der Waals surface area contributed by atoms with Crippen LogP contribution in [0, 0.1) is 0 Å². The summed E-state index contributed by atoms with van der Waals surface area (Å²) in [7, 11) is 3.13. The molecule has 0 saturated carbocycles. The number of ketones is 1. The largest absolute Gasteiger partial charge is 0.496 e. The van der Waals surface area contributed by atoms with Crippen molar-refractivity contribution in [1.82, 2.24) is 0 Å². The summed E-state index contributed by atoms with van der Waals surface area (Å²) < 4.78 is 16.7. The summed E-state index contributed by atoms with van der Waals surface area (Å²) in [5.74, 6) is 1.59. The first-order valence-corrected chi connectivity index (χ1v) is 9.12. The highest BCUT2D eigenvalue weighted by Crippen LogP contribution is 2.35. The van der Waals surface area contributed by atoms with E-state index in [-0.39, 0.29) is 5.78 Å². The van der Waals surface area contributed by atoms with Crippen LogP contribution in [0.15, 0.2) is 41.3 Å². The molecule has 2 aromatic carbocycles. The van der Waals surface area contributed by atoms with Crippen molar-refractivity contribution < 1.29 is 19.0 Å². The molecule has 134 valence electrons. The van der Waals surface area contributed by atoms with E-state index in [2.05, 4.69) is 0 Å². The number of rotatable bonds is 8. The van der Waals surface area contributed by atoms with Crippen molar-refractivity contribution in [1.29, 1.82) is 0 Å². The molecular formula is C19H23NO4S. The summed E-state index contributed by atoms with van der Waals surface area (Å²) in [6.45, 7) is 1.90. The lowest BCUT2D eigenvalue weighted by atomic mass is 10.0. The molecule has 1 unspecified atom stereocenters. The van der Waals surface area contributed by atoms with Crippen LogP contribution in [0.2, 0.25) is 0 Å². The van der Waals surface area contributed by atoms with E-state index in [4.69, 9.17) is 19.9 Å². The molecule has 0 radical (unpaired) electrons. The second kappa shape index (κ2) is 8.67. The quantitative estimate of drug-likeness (QED) is 0.434. The minimum atomic E-state index is -0.623. The summed E-state index contributed by atoms with van der Waals surface area (Å²) in [5.41, 5.74) is 6.77. The fourth-order valence-electron chi connectivity index (χ4n) is 2.43. The maximum atomic E-state index is 13.0. The molecule has 1 atom stereocenters. The number of Topliss-reactive ketones (excluding diaryl/α,β-unsaturated/α-hetero) is 1. The molecule has 0 bridgehead atoms. The normalized spacial score (nSPS) is 11.7. The third-order valence-electron chi connectivity index (χ3n) is 3.79. The molecule has 2 N–H and O–H groups in total. The average molecular weight is 361 g/mol. The number of carbonyl (C=O) groups is 1. The molecule has 0 amide bonds. The van der Waals surface area contributed by atoms with Gasteiger partial charge in [0, 0.05) is 5.69 Å². The van der Waals surface area contributed by atoms with Crippen LogP contribution < -0.4 is 19.9 Å². The van der Waals surface area contributed by atoms with Crippen LogP contribution in [0.25, 0.3) is 0 Å². The Balaban J connectivity index is 2.34. The van der Waals surface area contributed by atoms with Gasteiger partial charge in [-0.1, -0.05) is 6.92 Å². The van der Waals surface area contributed by atoms with Gasteiger partial charge in [-0.15, -0.1) is 11.8 Å². The summed E-state index contributed by atoms with van der Waals surface area (Å²) in [6.07, 6.45) is 1.85. The molecule has 25 heavy (non-hydrogen) atoms. The second-order valence-corrected chi connectivity index (χ2v) is 6.20. The predicted octanol–water partition coefficient (Wildman–Crippen LogP) is 4.05. The minimum absolute atomic E-state index is 0.151. The smallest absolute Gasteiger partial charge is 0.207 e. The fourth-order valence-corrected chi connectivity index (χ4v) is 3.00. The fraction of sp³-hybridized carbons (Fsp3) is 0.316. The van der Waals surface area contributed by atoms with Crippen molar-refractivity contribution in [2.75, 3.05) is 26.2 Å². The van der Waals surface area contributed by atoms with Crippen LogP contribution in [-0.2, 0) is 0 Å². The van der Waals surface area contributed by atoms with Gasteiger partial charge < -0.3 is 19.9 Å². The van der Waals surface area contributed by atoms with Crippen molar-refractivity contribution in [2.24, 2.45) is 0 Å². The summed E-state index contributed by atoms with van der Waals surface area (Å²) in [5, 5.41) is 0. The monoisotopic (exact) mass is 361 g/mol. The number of nitrogen functional groups attached to an aromatic ring is 1. The number of hydrogen-bond acceptors (Lipinski definition) is 6. The van der Waals surface area contributed by atoms with Crippen LogP contribution in [0.4, 0.5) is 5.69 Å². The van der Waals surface area contributed by atoms with E-state index in [9.17, 15) is 4.79 Å². The average Bonchev–Trinajstić information content (AvgIpc) is 2.65. The summed E-state index contributed by atoms with van der Waals surface area (Å²) >= 11 is 1.53. The second-order valence-electron chi connectivity index (χ2n) is 5.36. The van der Waals surface area contributed by atoms with E-state index in [0.29, 0.717) is 34.9 Å². The van der Waals surface area contributed by atoms with E-state index >= 15 is 0 Å². The number of methoxy groups -OCH3 is 2. The number of ether oxygens (including phenoxy) is 3. The predicted molar refractivity (Wildman–Crippen MR) is 101 cm³/mol. The highest BCUT2D eigenvalue weighted by atomic mass is 32.2. The lowest BCUT2D eigenvalue weighted by Gasteiger charge is -2.19. The van der Waals surface area contributed by atoms with E-state index in [1.807, 2.05) is 19.2 Å². The first-order chi connectivity index (χ1) is 12.0. The molecule has 2 rings (SSSR count). The molecule has 0 aliphatic heterocycles. The Hall–Kier alpha value is -2.34. The highest BCUT2D eigenvalue weighted by molar-refractivity contribution is 7.98. The van der Waals surface area contributed by atoms with Gasteiger partial charge in [-0.05, 0) is 49.1 Å². The zero-order valence-electron chi connectivity index (χ0n) is 14.9. The van der Waals surface area contributed by atoms with Gasteiger partial charge in [0.05, 0.1) is 24.7 Å². The minimum Gasteiger partial charge on any atom is -0.496 e. The van der Waals surface area contributed by atoms with Gasteiger partial charge in [0.15, 0.2) is 6.10 Å². The molecule has 0 aliphatic carbocycles. The lowest BCUT2D eigenvalue weighted by Crippen LogP contribution is -2.27. The Kier molecular flexibility index (Phi) is 6.58. The number of carbonyl (C=O) groups excluding carboxylic acids is 1. The first-order valence-electron chi connectivity index (χ1n) is 7.90. The summed E-state index contributed by atoms with van der Waals surface area (Å²) in [4.78, 5) is 13.9. The molecule has 5 nitrogen and oxygen atoms in total. The summed E-state index contributed by atoms with van der Waals surface area (Å²) in [6, 6.07) is 10.5. The van der Waals surface area contributed by atoms with E-state index in [0.717, 1.165) is 4.90 Å². The molecule has 0 saturated heterocycles. The first kappa shape index (κ1) is 19.0. The van der Waals surface area contributed by atoms with Gasteiger partial charge in [-0.3, -0.25) is 4.79 Å². The lowest BCUT2D eigenvalue weighted by molar-refractivity contribution is 0.0783. The molecule has 0 heterocycles. The third-order valence-corrected chi connectivity index (χ3v) is 4.55. The van der Waals surface area contributed by atoms with Crippen molar-refractivity contribution >= 4 is 23.2 Å². The van der Waals surface area contributed by atoms with Gasteiger partial charge >= 0.3 is 0 Å². The Morgan fingerprint density at radius 3 is 2.28 bits per heavy atom. The van der Waals surface area contributed by atoms with Crippen LogP contribution >= 0.6 is 11.8 Å². The van der Waals surface area contributed by atoms with Gasteiger partial charge in [0.1, 0.15) is 17.2 Å². The van der Waals surface area contributed by atoms with Gasteiger partial charge in [0.2, 0.25) is 5.78 Å². The Bertz CT molecular complexity index is 731. The van der Waals surface area contributed by atoms with Crippen LogP contribution in [0.1, 0.15) is 23.7 Å². The Labute approximate surface area is 152 Å². The molecule has 0 spiro atoms. The van der Waals surface area contributed by atoms with Crippen molar-refractivity contribution in [3.63, 3.8) is 0 Å². The van der Waals surface area contributed by atoms with Crippen LogP contribution in [0.5, 0.6) is 17.2 Å². The van der Waals surface area contributed by atoms with Crippen LogP contribution in [-0.4, -0.2) is 32.4 Å². The standard InChI is InChI=1S/C19H23NO4S/c1-5-15(24-13-8-6-12(20)7-9-13)19(21)14-10-17(23-3)18(25-4)11-16(14)22-2/h6-11,15H,5,20H2,1-4H3. The van der Waals surface area contributed by atoms with E-state index in [1.54, 1.807) is 44.6 Å². The number of nitrogens with two attached hydrogens (primary N) is 1. The Morgan fingerprint density at radius 1 is 1.12 bits per heavy atom. The SMILES string of the molecule is CCC(Oc1ccc(N)cc1)C(=O)c1cc(OC)c(SC)cc1OC.